The Morgan fingerprint density at radius 1 is 1.40 bits per heavy atom. The number of hydrogen-bond donors (Lipinski definition) is 1. The average molecular weight is 272 g/mol. The van der Waals surface area contributed by atoms with E-state index in [1.54, 1.807) is 13.2 Å². The number of benzene rings is 1. The van der Waals surface area contributed by atoms with Gasteiger partial charge in [-0.25, -0.2) is 4.79 Å². The standard InChI is InChI=1S/C15H16N2O3/c1-4-7-17-14(18)13(16-15(17)19)9-11-5-6-12(20-3)8-10(11)2/h4-6,8-9H,1,7H2,2-3H3,(H,16,19)/b13-9+. The van der Waals surface area contributed by atoms with Crippen LogP contribution in [0.4, 0.5) is 4.79 Å². The first-order valence-corrected chi connectivity index (χ1v) is 6.17. The number of nitrogens with zero attached hydrogens (tertiary/aromatic N) is 1. The molecule has 0 bridgehead atoms. The molecule has 104 valence electrons. The number of urea groups is 1. The Balaban J connectivity index is 2.30. The molecule has 1 N–H and O–H groups in total. The zero-order valence-electron chi connectivity index (χ0n) is 11.5. The van der Waals surface area contributed by atoms with E-state index in [4.69, 9.17) is 4.74 Å². The van der Waals surface area contributed by atoms with Gasteiger partial charge in [0.15, 0.2) is 0 Å². The molecule has 0 aliphatic carbocycles. The van der Waals surface area contributed by atoms with Gasteiger partial charge < -0.3 is 10.1 Å². The Morgan fingerprint density at radius 3 is 2.75 bits per heavy atom. The molecule has 1 fully saturated rings. The zero-order chi connectivity index (χ0) is 14.7. The summed E-state index contributed by atoms with van der Waals surface area (Å²) in [6, 6.07) is 5.10. The molecule has 1 aliphatic heterocycles. The third-order valence-corrected chi connectivity index (χ3v) is 3.05. The number of imide groups is 1. The van der Waals surface area contributed by atoms with Gasteiger partial charge in [0.2, 0.25) is 0 Å². The van der Waals surface area contributed by atoms with Crippen molar-refractivity contribution in [2.24, 2.45) is 0 Å². The van der Waals surface area contributed by atoms with Gasteiger partial charge in [-0.1, -0.05) is 12.1 Å². The van der Waals surface area contributed by atoms with Crippen LogP contribution in [0.2, 0.25) is 0 Å². The van der Waals surface area contributed by atoms with E-state index in [2.05, 4.69) is 11.9 Å². The molecule has 1 heterocycles. The van der Waals surface area contributed by atoms with Crippen LogP contribution < -0.4 is 10.1 Å². The maximum Gasteiger partial charge on any atom is 0.329 e. The minimum atomic E-state index is -0.424. The number of methoxy groups -OCH3 is 1. The number of ether oxygens (including phenoxy) is 1. The van der Waals surface area contributed by atoms with Crippen LogP contribution in [0.5, 0.6) is 5.75 Å². The summed E-state index contributed by atoms with van der Waals surface area (Å²) in [4.78, 5) is 24.8. The maximum absolute atomic E-state index is 12.0. The number of rotatable bonds is 4. The second-order valence-corrected chi connectivity index (χ2v) is 4.42. The number of amides is 3. The van der Waals surface area contributed by atoms with E-state index >= 15 is 0 Å². The molecule has 0 saturated carbocycles. The van der Waals surface area contributed by atoms with Crippen LogP contribution in [0, 0.1) is 6.92 Å². The smallest absolute Gasteiger partial charge is 0.329 e. The molecule has 1 aromatic rings. The van der Waals surface area contributed by atoms with Gasteiger partial charge in [0, 0.05) is 6.54 Å². The van der Waals surface area contributed by atoms with Gasteiger partial charge in [-0.3, -0.25) is 9.69 Å². The van der Waals surface area contributed by atoms with E-state index in [1.807, 2.05) is 25.1 Å². The topological polar surface area (TPSA) is 58.6 Å². The summed E-state index contributed by atoms with van der Waals surface area (Å²) < 4.78 is 5.13. The summed E-state index contributed by atoms with van der Waals surface area (Å²) in [6.07, 6.45) is 3.18. The summed E-state index contributed by atoms with van der Waals surface area (Å²) in [7, 11) is 1.60. The van der Waals surface area contributed by atoms with Gasteiger partial charge >= 0.3 is 6.03 Å². The fourth-order valence-electron chi connectivity index (χ4n) is 1.96. The maximum atomic E-state index is 12.0. The van der Waals surface area contributed by atoms with Crippen LogP contribution in [0.15, 0.2) is 36.6 Å². The molecule has 5 heteroatoms. The molecule has 0 unspecified atom stereocenters. The molecule has 5 nitrogen and oxygen atoms in total. The van der Waals surface area contributed by atoms with Gasteiger partial charge in [0.1, 0.15) is 11.4 Å². The Morgan fingerprint density at radius 2 is 2.15 bits per heavy atom. The van der Waals surface area contributed by atoms with Crippen LogP contribution in [0.25, 0.3) is 6.08 Å². The molecule has 1 saturated heterocycles. The first kappa shape index (κ1) is 13.9. The molecule has 1 aliphatic rings. The van der Waals surface area contributed by atoms with Crippen molar-refractivity contribution < 1.29 is 14.3 Å². The van der Waals surface area contributed by atoms with Crippen LogP contribution in [-0.2, 0) is 4.79 Å². The van der Waals surface area contributed by atoms with Crippen LogP contribution in [-0.4, -0.2) is 30.5 Å². The lowest BCUT2D eigenvalue weighted by molar-refractivity contribution is -0.122. The molecular weight excluding hydrogens is 256 g/mol. The number of aryl methyl sites for hydroxylation is 1. The van der Waals surface area contributed by atoms with Gasteiger partial charge in [-0.2, -0.15) is 0 Å². The quantitative estimate of drug-likeness (QED) is 0.518. The molecule has 0 atom stereocenters. The zero-order valence-corrected chi connectivity index (χ0v) is 11.5. The fraction of sp³-hybridized carbons (Fsp3) is 0.200. The van der Waals surface area contributed by atoms with Crippen molar-refractivity contribution in [1.82, 2.24) is 10.2 Å². The minimum absolute atomic E-state index is 0.198. The number of nitrogens with one attached hydrogen (secondary N) is 1. The Bertz CT molecular complexity index is 605. The summed E-state index contributed by atoms with van der Waals surface area (Å²) in [5.41, 5.74) is 2.08. The molecule has 1 aromatic carbocycles. The van der Waals surface area contributed by atoms with Crippen molar-refractivity contribution in [2.75, 3.05) is 13.7 Å². The second-order valence-electron chi connectivity index (χ2n) is 4.42. The van der Waals surface area contributed by atoms with E-state index in [0.29, 0.717) is 0 Å². The predicted octanol–water partition coefficient (Wildman–Crippen LogP) is 2.08. The normalized spacial score (nSPS) is 16.5. The molecule has 2 rings (SSSR count). The molecule has 0 radical (unpaired) electrons. The molecule has 3 amide bonds. The third-order valence-electron chi connectivity index (χ3n) is 3.05. The summed E-state index contributed by atoms with van der Waals surface area (Å²) in [5, 5.41) is 2.56. The van der Waals surface area contributed by atoms with Crippen molar-refractivity contribution in [3.05, 3.63) is 47.7 Å². The summed E-state index contributed by atoms with van der Waals surface area (Å²) in [6.45, 7) is 5.64. The van der Waals surface area contributed by atoms with Gasteiger partial charge in [0.25, 0.3) is 5.91 Å². The molecular formula is C15H16N2O3. The van der Waals surface area contributed by atoms with Crippen molar-refractivity contribution in [3.8, 4) is 5.75 Å². The van der Waals surface area contributed by atoms with E-state index in [0.717, 1.165) is 21.8 Å². The third kappa shape index (κ3) is 2.56. The fourth-order valence-corrected chi connectivity index (χ4v) is 1.96. The minimum Gasteiger partial charge on any atom is -0.497 e. The van der Waals surface area contributed by atoms with Gasteiger partial charge in [-0.15, -0.1) is 6.58 Å². The van der Waals surface area contributed by atoms with Crippen LogP contribution >= 0.6 is 0 Å². The van der Waals surface area contributed by atoms with E-state index < -0.39 is 6.03 Å². The molecule has 0 spiro atoms. The van der Waals surface area contributed by atoms with E-state index in [-0.39, 0.29) is 18.1 Å². The predicted molar refractivity (Wildman–Crippen MR) is 76.1 cm³/mol. The van der Waals surface area contributed by atoms with Crippen molar-refractivity contribution in [3.63, 3.8) is 0 Å². The van der Waals surface area contributed by atoms with Crippen LogP contribution in [0.3, 0.4) is 0 Å². The summed E-state index contributed by atoms with van der Waals surface area (Å²) >= 11 is 0. The van der Waals surface area contributed by atoms with Crippen LogP contribution in [0.1, 0.15) is 11.1 Å². The lowest BCUT2D eigenvalue weighted by Crippen LogP contribution is -2.30. The Hall–Kier alpha value is -2.56. The molecule has 20 heavy (non-hydrogen) atoms. The first-order valence-electron chi connectivity index (χ1n) is 6.17. The number of carbonyl (C=O) groups is 2. The summed E-state index contributed by atoms with van der Waals surface area (Å²) in [5.74, 6) is 0.407. The average Bonchev–Trinajstić information content (AvgIpc) is 2.69. The van der Waals surface area contributed by atoms with E-state index in [9.17, 15) is 9.59 Å². The highest BCUT2D eigenvalue weighted by atomic mass is 16.5. The Kier molecular flexibility index (Phi) is 3.89. The van der Waals surface area contributed by atoms with Gasteiger partial charge in [0.05, 0.1) is 7.11 Å². The highest BCUT2D eigenvalue weighted by molar-refractivity contribution is 6.14. The van der Waals surface area contributed by atoms with Crippen molar-refractivity contribution >= 4 is 18.0 Å². The lowest BCUT2D eigenvalue weighted by Gasteiger charge is -2.07. The number of carbonyl (C=O) groups excluding carboxylic acids is 2. The van der Waals surface area contributed by atoms with Crippen molar-refractivity contribution in [2.45, 2.75) is 6.92 Å². The van der Waals surface area contributed by atoms with E-state index in [1.165, 1.54) is 6.08 Å². The Labute approximate surface area is 117 Å². The van der Waals surface area contributed by atoms with Crippen molar-refractivity contribution in [1.29, 1.82) is 0 Å². The molecule has 0 aromatic heterocycles. The monoisotopic (exact) mass is 272 g/mol. The largest absolute Gasteiger partial charge is 0.497 e. The lowest BCUT2D eigenvalue weighted by atomic mass is 10.1. The highest BCUT2D eigenvalue weighted by Crippen LogP contribution is 2.20. The van der Waals surface area contributed by atoms with Gasteiger partial charge in [-0.05, 0) is 36.3 Å². The SMILES string of the molecule is C=CCN1C(=O)N/C(=C/c2ccc(OC)cc2C)C1=O. The highest BCUT2D eigenvalue weighted by Gasteiger charge is 2.32. The number of hydrogen-bond acceptors (Lipinski definition) is 3. The first-order chi connectivity index (χ1) is 9.56. The second kappa shape index (κ2) is 5.61.